The van der Waals surface area contributed by atoms with Gasteiger partial charge in [0.05, 0.1) is 6.61 Å². The molecule has 7 heteroatoms. The summed E-state index contributed by atoms with van der Waals surface area (Å²) in [4.78, 5) is 11.3. The van der Waals surface area contributed by atoms with Crippen LogP contribution in [-0.2, 0) is 9.53 Å². The highest BCUT2D eigenvalue weighted by Gasteiger charge is 2.46. The molecular weight excluding hydrogens is 290 g/mol. The lowest BCUT2D eigenvalue weighted by Crippen LogP contribution is -2.65. The number of aliphatic hydroxyl groups is 3. The molecular formula is C15H21NO6. The Kier molecular flexibility index (Phi) is 5.36. The first kappa shape index (κ1) is 16.7. The molecule has 0 bridgehead atoms. The largest absolute Gasteiger partial charge is 0.463 e. The molecule has 1 amide bonds. The van der Waals surface area contributed by atoms with Crippen molar-refractivity contribution in [3.63, 3.8) is 0 Å². The van der Waals surface area contributed by atoms with Crippen molar-refractivity contribution in [3.8, 4) is 5.75 Å². The molecule has 0 saturated carbocycles. The zero-order valence-electron chi connectivity index (χ0n) is 12.5. The van der Waals surface area contributed by atoms with Crippen LogP contribution in [0, 0.1) is 6.92 Å². The number of carbonyl (C=O) groups is 1. The molecule has 1 aliphatic heterocycles. The molecule has 0 spiro atoms. The second-order valence-electron chi connectivity index (χ2n) is 5.37. The third kappa shape index (κ3) is 3.75. The maximum Gasteiger partial charge on any atom is 0.223 e. The number of nitrogens with one attached hydrogen (secondary N) is 1. The lowest BCUT2D eigenvalue weighted by molar-refractivity contribution is -0.244. The van der Waals surface area contributed by atoms with Crippen molar-refractivity contribution in [2.75, 3.05) is 6.61 Å². The van der Waals surface area contributed by atoms with Crippen molar-refractivity contribution < 1.29 is 29.6 Å². The summed E-state index contributed by atoms with van der Waals surface area (Å²) < 4.78 is 11.2. The Labute approximate surface area is 128 Å². The molecule has 1 aromatic rings. The molecule has 0 unspecified atom stereocenters. The summed E-state index contributed by atoms with van der Waals surface area (Å²) >= 11 is 0. The van der Waals surface area contributed by atoms with E-state index in [9.17, 15) is 20.1 Å². The van der Waals surface area contributed by atoms with Crippen molar-refractivity contribution in [3.05, 3.63) is 29.8 Å². The zero-order chi connectivity index (χ0) is 16.3. The molecule has 5 atom stereocenters. The predicted octanol–water partition coefficient (Wildman–Crippen LogP) is -0.682. The van der Waals surface area contributed by atoms with E-state index in [1.165, 1.54) is 6.92 Å². The number of aliphatic hydroxyl groups excluding tert-OH is 3. The average molecular weight is 311 g/mol. The summed E-state index contributed by atoms with van der Waals surface area (Å²) in [5, 5.41) is 31.8. The Morgan fingerprint density at radius 3 is 2.68 bits per heavy atom. The topological polar surface area (TPSA) is 108 Å². The maximum absolute atomic E-state index is 11.3. The van der Waals surface area contributed by atoms with Crippen LogP contribution in [0.25, 0.3) is 0 Å². The summed E-state index contributed by atoms with van der Waals surface area (Å²) in [5.41, 5.74) is 0.976. The normalized spacial score (nSPS) is 31.6. The van der Waals surface area contributed by atoms with Gasteiger partial charge in [-0.25, -0.2) is 0 Å². The van der Waals surface area contributed by atoms with E-state index in [2.05, 4.69) is 5.32 Å². The Balaban J connectivity index is 2.21. The van der Waals surface area contributed by atoms with Gasteiger partial charge in [0.1, 0.15) is 30.1 Å². The van der Waals surface area contributed by atoms with Crippen molar-refractivity contribution in [2.45, 2.75) is 44.5 Å². The minimum Gasteiger partial charge on any atom is -0.463 e. The van der Waals surface area contributed by atoms with Crippen LogP contribution in [0.1, 0.15) is 12.5 Å². The second-order valence-corrected chi connectivity index (χ2v) is 5.37. The first-order valence-corrected chi connectivity index (χ1v) is 7.05. The Bertz CT molecular complexity index is 523. The highest BCUT2D eigenvalue weighted by Crippen LogP contribution is 2.24. The van der Waals surface area contributed by atoms with Crippen molar-refractivity contribution in [2.24, 2.45) is 0 Å². The van der Waals surface area contributed by atoms with Crippen molar-refractivity contribution in [1.29, 1.82) is 0 Å². The van der Waals surface area contributed by atoms with Crippen LogP contribution in [0.2, 0.25) is 0 Å². The predicted molar refractivity (Wildman–Crippen MR) is 77.2 cm³/mol. The molecule has 1 saturated heterocycles. The molecule has 1 heterocycles. The third-order valence-electron chi connectivity index (χ3n) is 3.49. The SMILES string of the molecule is CC(=O)N[C@@H]1[C@H](Oc2cccc(C)c2)O[C@H](CO)[C@H](O)[C@@H]1O. The Morgan fingerprint density at radius 2 is 2.09 bits per heavy atom. The van der Waals surface area contributed by atoms with E-state index < -0.39 is 37.3 Å². The van der Waals surface area contributed by atoms with E-state index >= 15 is 0 Å². The molecule has 1 fully saturated rings. The number of ether oxygens (including phenoxy) is 2. The fourth-order valence-corrected chi connectivity index (χ4v) is 2.39. The molecule has 0 aromatic heterocycles. The number of benzene rings is 1. The van der Waals surface area contributed by atoms with E-state index in [-0.39, 0.29) is 5.91 Å². The third-order valence-corrected chi connectivity index (χ3v) is 3.49. The first-order valence-electron chi connectivity index (χ1n) is 7.05. The molecule has 7 nitrogen and oxygen atoms in total. The van der Waals surface area contributed by atoms with E-state index in [4.69, 9.17) is 9.47 Å². The van der Waals surface area contributed by atoms with Crippen LogP contribution >= 0.6 is 0 Å². The fourth-order valence-electron chi connectivity index (χ4n) is 2.39. The molecule has 0 radical (unpaired) electrons. The molecule has 4 N–H and O–H groups in total. The van der Waals surface area contributed by atoms with Gasteiger partial charge < -0.3 is 30.1 Å². The zero-order valence-corrected chi connectivity index (χ0v) is 12.5. The monoisotopic (exact) mass is 311 g/mol. The van der Waals surface area contributed by atoms with E-state index in [1.54, 1.807) is 18.2 Å². The van der Waals surface area contributed by atoms with Gasteiger partial charge in [0.2, 0.25) is 12.2 Å². The highest BCUT2D eigenvalue weighted by atomic mass is 16.7. The molecule has 1 aliphatic rings. The van der Waals surface area contributed by atoms with Crippen LogP contribution in [0.4, 0.5) is 0 Å². The molecule has 22 heavy (non-hydrogen) atoms. The molecule has 2 rings (SSSR count). The van der Waals surface area contributed by atoms with Gasteiger partial charge in [0.15, 0.2) is 0 Å². The van der Waals surface area contributed by atoms with E-state index in [0.29, 0.717) is 5.75 Å². The van der Waals surface area contributed by atoms with Gasteiger partial charge in [-0.3, -0.25) is 4.79 Å². The van der Waals surface area contributed by atoms with Gasteiger partial charge in [0.25, 0.3) is 0 Å². The number of aryl methyl sites for hydroxylation is 1. The van der Waals surface area contributed by atoms with E-state index in [0.717, 1.165) is 5.56 Å². The van der Waals surface area contributed by atoms with Gasteiger partial charge >= 0.3 is 0 Å². The number of hydrogen-bond donors (Lipinski definition) is 4. The summed E-state index contributed by atoms with van der Waals surface area (Å²) in [5.74, 6) is 0.112. The smallest absolute Gasteiger partial charge is 0.223 e. The van der Waals surface area contributed by atoms with Crippen LogP contribution in [-0.4, -0.2) is 58.5 Å². The lowest BCUT2D eigenvalue weighted by atomic mass is 9.97. The van der Waals surface area contributed by atoms with E-state index in [1.807, 2.05) is 13.0 Å². The first-order chi connectivity index (χ1) is 10.4. The number of rotatable bonds is 4. The average Bonchev–Trinajstić information content (AvgIpc) is 2.46. The Hall–Kier alpha value is -1.67. The summed E-state index contributed by atoms with van der Waals surface area (Å²) in [7, 11) is 0. The van der Waals surface area contributed by atoms with Crippen LogP contribution in [0.3, 0.4) is 0 Å². The number of carbonyl (C=O) groups excluding carboxylic acids is 1. The van der Waals surface area contributed by atoms with Crippen LogP contribution < -0.4 is 10.1 Å². The Morgan fingerprint density at radius 1 is 1.36 bits per heavy atom. The standard InChI is InChI=1S/C15H21NO6/c1-8-4-3-5-10(6-8)21-15-12(16-9(2)18)14(20)13(19)11(7-17)22-15/h3-6,11-15,17,19-20H,7H2,1-2H3,(H,16,18)/t11-,12+,13+,14-,15-/m1/s1. The van der Waals surface area contributed by atoms with Gasteiger partial charge in [-0.15, -0.1) is 0 Å². The minimum atomic E-state index is -1.32. The summed E-state index contributed by atoms with van der Waals surface area (Å²) in [6.07, 6.45) is -4.65. The van der Waals surface area contributed by atoms with Crippen molar-refractivity contribution >= 4 is 5.91 Å². The lowest BCUT2D eigenvalue weighted by Gasteiger charge is -2.42. The number of hydrogen-bond acceptors (Lipinski definition) is 6. The maximum atomic E-state index is 11.3. The second kappa shape index (κ2) is 7.06. The number of amides is 1. The van der Waals surface area contributed by atoms with Gasteiger partial charge in [-0.2, -0.15) is 0 Å². The molecule has 122 valence electrons. The minimum absolute atomic E-state index is 0.389. The van der Waals surface area contributed by atoms with Crippen LogP contribution in [0.15, 0.2) is 24.3 Å². The van der Waals surface area contributed by atoms with Gasteiger partial charge in [-0.05, 0) is 24.6 Å². The van der Waals surface area contributed by atoms with Gasteiger partial charge in [0, 0.05) is 6.92 Å². The highest BCUT2D eigenvalue weighted by molar-refractivity contribution is 5.73. The van der Waals surface area contributed by atoms with Crippen LogP contribution in [0.5, 0.6) is 5.75 Å². The summed E-state index contributed by atoms with van der Waals surface area (Å²) in [6.45, 7) is 2.72. The quantitative estimate of drug-likeness (QED) is 0.587. The molecule has 0 aliphatic carbocycles. The van der Waals surface area contributed by atoms with Crippen molar-refractivity contribution in [1.82, 2.24) is 5.32 Å². The summed E-state index contributed by atoms with van der Waals surface area (Å²) in [6, 6.07) is 6.24. The van der Waals surface area contributed by atoms with Gasteiger partial charge in [-0.1, -0.05) is 12.1 Å². The fraction of sp³-hybridized carbons (Fsp3) is 0.533. The molecule has 1 aromatic carbocycles.